The lowest BCUT2D eigenvalue weighted by Crippen LogP contribution is -2.07. The minimum absolute atomic E-state index is 0.0948. The Hall–Kier alpha value is -2.18. The molecule has 0 aliphatic heterocycles. The van der Waals surface area contributed by atoms with Gasteiger partial charge in [-0.2, -0.15) is 0 Å². The van der Waals surface area contributed by atoms with Gasteiger partial charge in [-0.15, -0.1) is 0 Å². The van der Waals surface area contributed by atoms with Crippen LogP contribution in [0.3, 0.4) is 0 Å². The number of hydrogen-bond acceptors (Lipinski definition) is 5. The summed E-state index contributed by atoms with van der Waals surface area (Å²) < 4.78 is 14.7. The summed E-state index contributed by atoms with van der Waals surface area (Å²) in [7, 11) is 1.66. The summed E-state index contributed by atoms with van der Waals surface area (Å²) in [6.07, 6.45) is 0. The number of aryl methyl sites for hydroxylation is 1. The predicted molar refractivity (Wildman–Crippen MR) is 54.2 cm³/mol. The molecular formula is C9H10FN5O. The van der Waals surface area contributed by atoms with Crippen molar-refractivity contribution in [3.05, 3.63) is 29.6 Å². The molecule has 1 aromatic heterocycles. The Kier molecular flexibility index (Phi) is 2.67. The zero-order valence-electron chi connectivity index (χ0n) is 8.55. The molecule has 2 rings (SSSR count). The molecule has 0 aliphatic rings. The van der Waals surface area contributed by atoms with Crippen LogP contribution < -0.4 is 5.32 Å². The standard InChI is InChI=1S/C9H10FN5O/c1-15-9(12-13-14-15)11-5-6-7(10)3-2-4-8(6)16/h2-4,16H,5H2,1H3,(H,11,12,14). The molecule has 0 radical (unpaired) electrons. The van der Waals surface area contributed by atoms with Crippen molar-refractivity contribution in [1.29, 1.82) is 0 Å². The SMILES string of the molecule is Cn1nnnc1NCc1c(O)cccc1F. The van der Waals surface area contributed by atoms with Crippen LogP contribution in [-0.2, 0) is 13.6 Å². The highest BCUT2D eigenvalue weighted by molar-refractivity contribution is 5.36. The average molecular weight is 223 g/mol. The molecule has 1 aromatic carbocycles. The number of benzene rings is 1. The third kappa shape index (κ3) is 1.92. The van der Waals surface area contributed by atoms with E-state index in [2.05, 4.69) is 20.8 Å². The molecule has 16 heavy (non-hydrogen) atoms. The predicted octanol–water partition coefficient (Wildman–Crippen LogP) is 0.667. The van der Waals surface area contributed by atoms with Crippen LogP contribution in [0.2, 0.25) is 0 Å². The first-order chi connectivity index (χ1) is 7.68. The third-order valence-electron chi connectivity index (χ3n) is 2.14. The number of hydrogen-bond donors (Lipinski definition) is 2. The molecule has 0 amide bonds. The zero-order valence-corrected chi connectivity index (χ0v) is 8.55. The Morgan fingerprint density at radius 1 is 1.50 bits per heavy atom. The van der Waals surface area contributed by atoms with E-state index in [1.165, 1.54) is 22.9 Å². The van der Waals surface area contributed by atoms with Crippen LogP contribution in [0.5, 0.6) is 5.75 Å². The average Bonchev–Trinajstić information content (AvgIpc) is 2.64. The fraction of sp³-hybridized carbons (Fsp3) is 0.222. The summed E-state index contributed by atoms with van der Waals surface area (Å²) >= 11 is 0. The van der Waals surface area contributed by atoms with Gasteiger partial charge < -0.3 is 10.4 Å². The first kappa shape index (κ1) is 10.3. The number of phenolic OH excluding ortho intramolecular Hbond substituents is 1. The lowest BCUT2D eigenvalue weighted by Gasteiger charge is -2.07. The van der Waals surface area contributed by atoms with E-state index >= 15 is 0 Å². The van der Waals surface area contributed by atoms with Gasteiger partial charge in [0.15, 0.2) is 0 Å². The van der Waals surface area contributed by atoms with Crippen molar-refractivity contribution in [3.8, 4) is 5.75 Å². The molecule has 84 valence electrons. The second-order valence-electron chi connectivity index (χ2n) is 3.22. The first-order valence-corrected chi connectivity index (χ1v) is 4.61. The smallest absolute Gasteiger partial charge is 0.242 e. The molecule has 0 unspecified atom stereocenters. The number of aromatic nitrogens is 4. The summed E-state index contributed by atoms with van der Waals surface area (Å²) in [5.74, 6) is -0.159. The van der Waals surface area contributed by atoms with Crippen LogP contribution in [0.4, 0.5) is 10.3 Å². The van der Waals surface area contributed by atoms with E-state index in [4.69, 9.17) is 0 Å². The van der Waals surface area contributed by atoms with Crippen LogP contribution in [0.15, 0.2) is 18.2 Å². The number of halogens is 1. The molecule has 6 nitrogen and oxygen atoms in total. The quantitative estimate of drug-likeness (QED) is 0.799. The topological polar surface area (TPSA) is 75.9 Å². The van der Waals surface area contributed by atoms with Crippen molar-refractivity contribution in [2.45, 2.75) is 6.54 Å². The van der Waals surface area contributed by atoms with E-state index in [9.17, 15) is 9.50 Å². The van der Waals surface area contributed by atoms with Gasteiger partial charge in [0.2, 0.25) is 5.95 Å². The van der Waals surface area contributed by atoms with E-state index < -0.39 is 5.82 Å². The Balaban J connectivity index is 2.14. The molecule has 7 heteroatoms. The normalized spacial score (nSPS) is 10.4. The molecule has 0 atom stereocenters. The molecular weight excluding hydrogens is 213 g/mol. The summed E-state index contributed by atoms with van der Waals surface area (Å²) in [5, 5.41) is 23.0. The highest BCUT2D eigenvalue weighted by Gasteiger charge is 2.08. The molecule has 1 heterocycles. The molecule has 0 saturated carbocycles. The number of phenols is 1. The van der Waals surface area contributed by atoms with Gasteiger partial charge in [0, 0.05) is 19.2 Å². The van der Waals surface area contributed by atoms with Gasteiger partial charge in [-0.3, -0.25) is 0 Å². The van der Waals surface area contributed by atoms with Gasteiger partial charge in [-0.05, 0) is 22.6 Å². The van der Waals surface area contributed by atoms with E-state index in [0.717, 1.165) is 0 Å². The molecule has 0 saturated heterocycles. The highest BCUT2D eigenvalue weighted by Crippen LogP contribution is 2.20. The molecule has 0 fully saturated rings. The van der Waals surface area contributed by atoms with Gasteiger partial charge in [0.25, 0.3) is 0 Å². The summed E-state index contributed by atoms with van der Waals surface area (Å²) in [5.41, 5.74) is 0.186. The van der Waals surface area contributed by atoms with Gasteiger partial charge in [0.05, 0.1) is 0 Å². The van der Waals surface area contributed by atoms with Crippen LogP contribution >= 0.6 is 0 Å². The second kappa shape index (κ2) is 4.13. The van der Waals surface area contributed by atoms with E-state index in [0.29, 0.717) is 5.95 Å². The fourth-order valence-electron chi connectivity index (χ4n) is 1.27. The van der Waals surface area contributed by atoms with Crippen molar-refractivity contribution in [3.63, 3.8) is 0 Å². The largest absolute Gasteiger partial charge is 0.507 e. The maximum atomic E-state index is 13.3. The van der Waals surface area contributed by atoms with Crippen molar-refractivity contribution in [2.24, 2.45) is 7.05 Å². The summed E-state index contributed by atoms with van der Waals surface area (Å²) in [6.45, 7) is 0.118. The lowest BCUT2D eigenvalue weighted by atomic mass is 10.2. The van der Waals surface area contributed by atoms with Crippen LogP contribution in [0.1, 0.15) is 5.56 Å². The monoisotopic (exact) mass is 223 g/mol. The maximum absolute atomic E-state index is 13.3. The minimum atomic E-state index is -0.470. The fourth-order valence-corrected chi connectivity index (χ4v) is 1.27. The summed E-state index contributed by atoms with van der Waals surface area (Å²) in [6, 6.07) is 4.15. The lowest BCUT2D eigenvalue weighted by molar-refractivity contribution is 0.460. The Labute approximate surface area is 90.7 Å². The molecule has 2 aromatic rings. The Morgan fingerprint density at radius 3 is 2.94 bits per heavy atom. The van der Waals surface area contributed by atoms with Gasteiger partial charge >= 0.3 is 0 Å². The van der Waals surface area contributed by atoms with Crippen molar-refractivity contribution in [1.82, 2.24) is 20.2 Å². The van der Waals surface area contributed by atoms with Crippen LogP contribution in [0, 0.1) is 5.82 Å². The number of nitrogens with one attached hydrogen (secondary N) is 1. The Bertz CT molecular complexity index is 478. The number of aromatic hydroxyl groups is 1. The van der Waals surface area contributed by atoms with Gasteiger partial charge in [0.1, 0.15) is 11.6 Å². The summed E-state index contributed by atoms with van der Waals surface area (Å²) in [4.78, 5) is 0. The molecule has 0 bridgehead atoms. The van der Waals surface area contributed by atoms with E-state index in [1.54, 1.807) is 7.05 Å². The number of nitrogens with zero attached hydrogens (tertiary/aromatic N) is 4. The van der Waals surface area contributed by atoms with Crippen molar-refractivity contribution < 1.29 is 9.50 Å². The molecule has 2 N–H and O–H groups in total. The first-order valence-electron chi connectivity index (χ1n) is 4.61. The van der Waals surface area contributed by atoms with Gasteiger partial charge in [-0.1, -0.05) is 11.2 Å². The van der Waals surface area contributed by atoms with Gasteiger partial charge in [-0.25, -0.2) is 9.07 Å². The molecule has 0 aliphatic carbocycles. The minimum Gasteiger partial charge on any atom is -0.507 e. The maximum Gasteiger partial charge on any atom is 0.242 e. The van der Waals surface area contributed by atoms with E-state index in [-0.39, 0.29) is 17.9 Å². The Morgan fingerprint density at radius 2 is 2.31 bits per heavy atom. The van der Waals surface area contributed by atoms with Crippen LogP contribution in [-0.4, -0.2) is 25.3 Å². The van der Waals surface area contributed by atoms with Crippen molar-refractivity contribution in [2.75, 3.05) is 5.32 Å². The van der Waals surface area contributed by atoms with Crippen LogP contribution in [0.25, 0.3) is 0 Å². The number of rotatable bonds is 3. The third-order valence-corrected chi connectivity index (χ3v) is 2.14. The van der Waals surface area contributed by atoms with Crippen molar-refractivity contribution >= 4 is 5.95 Å². The second-order valence-corrected chi connectivity index (χ2v) is 3.22. The number of tetrazole rings is 1. The zero-order chi connectivity index (χ0) is 11.5. The molecule has 0 spiro atoms. The van der Waals surface area contributed by atoms with E-state index in [1.807, 2.05) is 0 Å². The highest BCUT2D eigenvalue weighted by atomic mass is 19.1. The number of anilines is 1.